The lowest BCUT2D eigenvalue weighted by Crippen LogP contribution is -2.26. The van der Waals surface area contributed by atoms with Crippen LogP contribution in [0.15, 0.2) is 36.4 Å². The second kappa shape index (κ2) is 4.78. The average Bonchev–Trinajstić information content (AvgIpc) is 2.69. The first-order valence-corrected chi connectivity index (χ1v) is 7.01. The Labute approximate surface area is 120 Å². The molecule has 0 N–H and O–H groups in total. The van der Waals surface area contributed by atoms with Gasteiger partial charge >= 0.3 is 0 Å². The topological polar surface area (TPSA) is 20.3 Å². The molecule has 2 aromatic rings. The van der Waals surface area contributed by atoms with Crippen molar-refractivity contribution in [2.24, 2.45) is 0 Å². The molecule has 102 valence electrons. The first kappa shape index (κ1) is 12.9. The molecule has 1 amide bonds. The van der Waals surface area contributed by atoms with Crippen molar-refractivity contribution in [3.8, 4) is 0 Å². The summed E-state index contributed by atoms with van der Waals surface area (Å²) in [7, 11) is 0. The van der Waals surface area contributed by atoms with Crippen molar-refractivity contribution in [3.05, 3.63) is 64.2 Å². The summed E-state index contributed by atoms with van der Waals surface area (Å²) in [5, 5.41) is 0. The van der Waals surface area contributed by atoms with E-state index in [-0.39, 0.29) is 5.91 Å². The number of benzene rings is 2. The predicted molar refractivity (Wildman–Crippen MR) is 82.0 cm³/mol. The number of nitrogens with zero attached hydrogens (tertiary/aromatic N) is 1. The van der Waals surface area contributed by atoms with E-state index in [1.165, 1.54) is 22.3 Å². The van der Waals surface area contributed by atoms with Crippen LogP contribution in [0.25, 0.3) is 0 Å². The Balaban J connectivity index is 1.98. The largest absolute Gasteiger partial charge is 0.307 e. The van der Waals surface area contributed by atoms with Crippen molar-refractivity contribution in [3.63, 3.8) is 0 Å². The molecule has 0 radical (unpaired) electrons. The minimum Gasteiger partial charge on any atom is -0.307 e. The zero-order chi connectivity index (χ0) is 14.3. The molecule has 0 unspecified atom stereocenters. The van der Waals surface area contributed by atoms with Gasteiger partial charge in [0, 0.05) is 5.69 Å². The van der Waals surface area contributed by atoms with Crippen LogP contribution in [-0.2, 0) is 17.8 Å². The molecule has 2 heteroatoms. The maximum Gasteiger partial charge on any atom is 0.231 e. The molecular weight excluding hydrogens is 246 g/mol. The lowest BCUT2D eigenvalue weighted by Gasteiger charge is -2.21. The van der Waals surface area contributed by atoms with Gasteiger partial charge in [0.15, 0.2) is 0 Å². The first-order valence-electron chi connectivity index (χ1n) is 7.01. The third kappa shape index (κ3) is 2.11. The zero-order valence-corrected chi connectivity index (χ0v) is 12.2. The van der Waals surface area contributed by atoms with Crippen molar-refractivity contribution in [2.75, 3.05) is 4.90 Å². The Bertz CT molecular complexity index is 665. The highest BCUT2D eigenvalue weighted by Crippen LogP contribution is 2.31. The molecule has 0 spiro atoms. The Hall–Kier alpha value is -2.09. The molecule has 2 aromatic carbocycles. The van der Waals surface area contributed by atoms with E-state index < -0.39 is 0 Å². The van der Waals surface area contributed by atoms with Crippen molar-refractivity contribution in [1.29, 1.82) is 0 Å². The Morgan fingerprint density at radius 1 is 1.05 bits per heavy atom. The van der Waals surface area contributed by atoms with Gasteiger partial charge in [-0.15, -0.1) is 0 Å². The van der Waals surface area contributed by atoms with E-state index in [0.29, 0.717) is 13.0 Å². The number of anilines is 1. The van der Waals surface area contributed by atoms with Gasteiger partial charge in [-0.3, -0.25) is 4.79 Å². The Morgan fingerprint density at radius 3 is 2.40 bits per heavy atom. The van der Waals surface area contributed by atoms with Gasteiger partial charge in [0.05, 0.1) is 13.0 Å². The predicted octanol–water partition coefficient (Wildman–Crippen LogP) is 3.70. The third-order valence-corrected chi connectivity index (χ3v) is 4.08. The monoisotopic (exact) mass is 265 g/mol. The van der Waals surface area contributed by atoms with Crippen LogP contribution >= 0.6 is 0 Å². The lowest BCUT2D eigenvalue weighted by atomic mass is 9.99. The number of hydrogen-bond donors (Lipinski definition) is 0. The summed E-state index contributed by atoms with van der Waals surface area (Å²) < 4.78 is 0. The highest BCUT2D eigenvalue weighted by molar-refractivity contribution is 6.01. The normalized spacial score (nSPS) is 13.8. The number of amides is 1. The second-order valence-electron chi connectivity index (χ2n) is 5.66. The maximum absolute atomic E-state index is 12.3. The van der Waals surface area contributed by atoms with E-state index in [2.05, 4.69) is 32.9 Å². The summed E-state index contributed by atoms with van der Waals surface area (Å²) in [4.78, 5) is 14.2. The lowest BCUT2D eigenvalue weighted by molar-refractivity contribution is -0.117. The third-order valence-electron chi connectivity index (χ3n) is 4.08. The summed E-state index contributed by atoms with van der Waals surface area (Å²) in [6.07, 6.45) is 0.528. The summed E-state index contributed by atoms with van der Waals surface area (Å²) in [5.41, 5.74) is 7.27. The van der Waals surface area contributed by atoms with E-state index in [1.807, 2.05) is 29.2 Å². The van der Waals surface area contributed by atoms with E-state index in [9.17, 15) is 4.79 Å². The highest BCUT2D eigenvalue weighted by Gasteiger charge is 2.27. The van der Waals surface area contributed by atoms with Gasteiger partial charge in [0.25, 0.3) is 0 Å². The summed E-state index contributed by atoms with van der Waals surface area (Å²) in [6, 6.07) is 12.5. The second-order valence-corrected chi connectivity index (χ2v) is 5.66. The molecule has 20 heavy (non-hydrogen) atoms. The smallest absolute Gasteiger partial charge is 0.231 e. The fourth-order valence-electron chi connectivity index (χ4n) is 3.11. The maximum atomic E-state index is 12.3. The molecule has 0 saturated heterocycles. The number of fused-ring (bicyclic) bond motifs is 1. The van der Waals surface area contributed by atoms with E-state index in [4.69, 9.17) is 0 Å². The number of rotatable bonds is 2. The molecule has 0 aromatic heterocycles. The van der Waals surface area contributed by atoms with Crippen LogP contribution in [0, 0.1) is 20.8 Å². The molecule has 1 heterocycles. The first-order chi connectivity index (χ1) is 9.56. The van der Waals surface area contributed by atoms with Crippen LogP contribution in [0.2, 0.25) is 0 Å². The summed E-state index contributed by atoms with van der Waals surface area (Å²) in [5.74, 6) is 0.200. The molecule has 0 saturated carbocycles. The number of aryl methyl sites for hydroxylation is 3. The van der Waals surface area contributed by atoms with E-state index >= 15 is 0 Å². The van der Waals surface area contributed by atoms with Crippen LogP contribution < -0.4 is 4.90 Å². The summed E-state index contributed by atoms with van der Waals surface area (Å²) in [6.45, 7) is 7.04. The average molecular weight is 265 g/mol. The van der Waals surface area contributed by atoms with Gasteiger partial charge in [0.2, 0.25) is 5.91 Å². The minimum absolute atomic E-state index is 0.200. The Morgan fingerprint density at radius 2 is 1.70 bits per heavy atom. The van der Waals surface area contributed by atoms with Gasteiger partial charge in [-0.1, -0.05) is 35.9 Å². The van der Waals surface area contributed by atoms with Crippen LogP contribution in [0.4, 0.5) is 5.69 Å². The van der Waals surface area contributed by atoms with E-state index in [1.54, 1.807) is 0 Å². The molecule has 2 nitrogen and oxygen atoms in total. The SMILES string of the molecule is Cc1cc(C)c(CN2C(=O)Cc3ccccc32)c(C)c1. The van der Waals surface area contributed by atoms with Crippen molar-refractivity contribution < 1.29 is 4.79 Å². The van der Waals surface area contributed by atoms with Gasteiger partial charge in [-0.2, -0.15) is 0 Å². The van der Waals surface area contributed by atoms with Crippen LogP contribution in [-0.4, -0.2) is 5.91 Å². The Kier molecular flexibility index (Phi) is 3.09. The quantitative estimate of drug-likeness (QED) is 0.810. The molecule has 1 aliphatic heterocycles. The summed E-state index contributed by atoms with van der Waals surface area (Å²) >= 11 is 0. The number of para-hydroxylation sites is 1. The van der Waals surface area contributed by atoms with Gasteiger partial charge < -0.3 is 4.90 Å². The fourth-order valence-corrected chi connectivity index (χ4v) is 3.11. The fraction of sp³-hybridized carbons (Fsp3) is 0.278. The number of carbonyl (C=O) groups excluding carboxylic acids is 1. The molecule has 0 fully saturated rings. The molecule has 0 bridgehead atoms. The zero-order valence-electron chi connectivity index (χ0n) is 12.2. The molecule has 0 atom stereocenters. The standard InChI is InChI=1S/C18H19NO/c1-12-8-13(2)16(14(3)9-12)11-19-17-7-5-4-6-15(17)10-18(19)20/h4-9H,10-11H2,1-3H3. The van der Waals surface area contributed by atoms with Crippen LogP contribution in [0.3, 0.4) is 0 Å². The van der Waals surface area contributed by atoms with Crippen molar-refractivity contribution in [2.45, 2.75) is 33.7 Å². The minimum atomic E-state index is 0.200. The molecular formula is C18H19NO. The van der Waals surface area contributed by atoms with Crippen LogP contribution in [0.5, 0.6) is 0 Å². The van der Waals surface area contributed by atoms with Gasteiger partial charge in [-0.05, 0) is 49.1 Å². The van der Waals surface area contributed by atoms with Crippen LogP contribution in [0.1, 0.15) is 27.8 Å². The van der Waals surface area contributed by atoms with Crippen molar-refractivity contribution in [1.82, 2.24) is 0 Å². The number of hydrogen-bond acceptors (Lipinski definition) is 1. The van der Waals surface area contributed by atoms with Crippen molar-refractivity contribution >= 4 is 11.6 Å². The number of carbonyl (C=O) groups is 1. The molecule has 0 aliphatic carbocycles. The van der Waals surface area contributed by atoms with Gasteiger partial charge in [-0.25, -0.2) is 0 Å². The molecule has 3 rings (SSSR count). The molecule has 1 aliphatic rings. The van der Waals surface area contributed by atoms with Gasteiger partial charge in [0.1, 0.15) is 0 Å². The highest BCUT2D eigenvalue weighted by atomic mass is 16.2. The van der Waals surface area contributed by atoms with E-state index in [0.717, 1.165) is 11.3 Å².